The first kappa shape index (κ1) is 15.8. The van der Waals surface area contributed by atoms with Gasteiger partial charge in [0.15, 0.2) is 0 Å². The molecule has 0 aromatic carbocycles. The molecule has 18 heavy (non-hydrogen) atoms. The number of rotatable bonds is 6. The quantitative estimate of drug-likeness (QED) is 0.601. The molecule has 0 saturated heterocycles. The van der Waals surface area contributed by atoms with Crippen LogP contribution in [0.5, 0.6) is 0 Å². The van der Waals surface area contributed by atoms with Gasteiger partial charge in [-0.15, -0.1) is 0 Å². The minimum Gasteiger partial charge on any atom is -0.389 e. The van der Waals surface area contributed by atoms with Crippen LogP contribution in [-0.2, 0) is 13.6 Å². The van der Waals surface area contributed by atoms with Crippen LogP contribution >= 0.6 is 7.60 Å². The summed E-state index contributed by atoms with van der Waals surface area (Å²) in [6.45, 7) is 2.77. The largest absolute Gasteiger partial charge is 0.400 e. The van der Waals surface area contributed by atoms with Gasteiger partial charge >= 0.3 is 13.3 Å². The summed E-state index contributed by atoms with van der Waals surface area (Å²) in [7, 11) is -4.48. The van der Waals surface area contributed by atoms with Gasteiger partial charge in [-0.25, -0.2) is 0 Å². The van der Waals surface area contributed by atoms with Crippen LogP contribution in [0.4, 0.5) is 8.78 Å². The van der Waals surface area contributed by atoms with Crippen molar-refractivity contribution in [2.45, 2.75) is 38.5 Å². The zero-order valence-corrected chi connectivity index (χ0v) is 11.4. The Balaban J connectivity index is 2.94. The van der Waals surface area contributed by atoms with Crippen molar-refractivity contribution in [3.63, 3.8) is 0 Å². The SMILES string of the molecule is CCOP(=O)(OCC)C(F)(F)[C@@H]1C=C[C@@H](O)CC1. The Kier molecular flexibility index (Phi) is 5.46. The molecule has 4 nitrogen and oxygen atoms in total. The summed E-state index contributed by atoms with van der Waals surface area (Å²) in [5, 5.41) is 9.24. The molecule has 106 valence electrons. The highest BCUT2D eigenvalue weighted by Gasteiger charge is 2.57. The van der Waals surface area contributed by atoms with Crippen molar-refractivity contribution in [3.8, 4) is 0 Å². The lowest BCUT2D eigenvalue weighted by Crippen LogP contribution is -2.32. The lowest BCUT2D eigenvalue weighted by Gasteiger charge is -2.32. The van der Waals surface area contributed by atoms with Crippen LogP contribution in [-0.4, -0.2) is 30.1 Å². The summed E-state index contributed by atoms with van der Waals surface area (Å²) < 4.78 is 50.0. The van der Waals surface area contributed by atoms with Crippen molar-refractivity contribution in [3.05, 3.63) is 12.2 Å². The molecule has 0 aliphatic heterocycles. The minimum atomic E-state index is -4.48. The standard InChI is InChI=1S/C11H19F2O4P/c1-3-16-18(15,17-4-2)11(12,13)9-5-7-10(14)8-6-9/h5,7,9-10,14H,3-4,6,8H2,1-2H3/t9-,10-/m1/s1. The summed E-state index contributed by atoms with van der Waals surface area (Å²) in [5.41, 5.74) is -3.57. The van der Waals surface area contributed by atoms with Gasteiger partial charge < -0.3 is 14.2 Å². The van der Waals surface area contributed by atoms with Crippen molar-refractivity contribution in [1.29, 1.82) is 0 Å². The molecule has 2 atom stereocenters. The van der Waals surface area contributed by atoms with Gasteiger partial charge in [0, 0.05) is 0 Å². The lowest BCUT2D eigenvalue weighted by molar-refractivity contribution is -0.00497. The molecule has 0 aromatic rings. The molecule has 0 heterocycles. The molecule has 0 saturated carbocycles. The van der Waals surface area contributed by atoms with Crippen molar-refractivity contribution in [2.75, 3.05) is 13.2 Å². The molecule has 0 unspecified atom stereocenters. The van der Waals surface area contributed by atoms with E-state index in [1.54, 1.807) is 0 Å². The molecule has 0 bridgehead atoms. The maximum Gasteiger partial charge on any atom is 0.400 e. The molecular formula is C11H19F2O4P. The van der Waals surface area contributed by atoms with E-state index in [1.807, 2.05) is 0 Å². The van der Waals surface area contributed by atoms with Crippen LogP contribution < -0.4 is 0 Å². The predicted octanol–water partition coefficient (Wildman–Crippen LogP) is 3.17. The third-order valence-electron chi connectivity index (χ3n) is 2.75. The Labute approximate surface area is 106 Å². The highest BCUT2D eigenvalue weighted by Crippen LogP contribution is 2.65. The van der Waals surface area contributed by atoms with Crippen LogP contribution in [0.3, 0.4) is 0 Å². The Morgan fingerprint density at radius 1 is 1.28 bits per heavy atom. The number of halogens is 2. The topological polar surface area (TPSA) is 55.8 Å². The second-order valence-electron chi connectivity index (χ2n) is 4.06. The fraction of sp³-hybridized carbons (Fsp3) is 0.818. The predicted molar refractivity (Wildman–Crippen MR) is 63.7 cm³/mol. The maximum atomic E-state index is 14.2. The van der Waals surface area contributed by atoms with E-state index in [-0.39, 0.29) is 26.1 Å². The fourth-order valence-corrected chi connectivity index (χ4v) is 3.57. The first-order valence-electron chi connectivity index (χ1n) is 6.00. The van der Waals surface area contributed by atoms with E-state index in [9.17, 15) is 18.5 Å². The smallest absolute Gasteiger partial charge is 0.389 e. The van der Waals surface area contributed by atoms with Crippen molar-refractivity contribution < 1.29 is 27.5 Å². The molecule has 1 aliphatic carbocycles. The number of allylic oxidation sites excluding steroid dienone is 1. The van der Waals surface area contributed by atoms with Gasteiger partial charge in [0.1, 0.15) is 0 Å². The van der Waals surface area contributed by atoms with E-state index in [4.69, 9.17) is 9.05 Å². The normalized spacial score (nSPS) is 25.4. The van der Waals surface area contributed by atoms with E-state index in [2.05, 4.69) is 0 Å². The number of hydrogen-bond acceptors (Lipinski definition) is 4. The Morgan fingerprint density at radius 3 is 2.22 bits per heavy atom. The molecule has 1 N–H and O–H groups in total. The van der Waals surface area contributed by atoms with Gasteiger partial charge in [0.25, 0.3) is 0 Å². The maximum absolute atomic E-state index is 14.2. The molecule has 0 amide bonds. The number of alkyl halides is 2. The highest BCUT2D eigenvalue weighted by molar-refractivity contribution is 7.55. The van der Waals surface area contributed by atoms with Crippen LogP contribution in [0.15, 0.2) is 12.2 Å². The summed E-state index contributed by atoms with van der Waals surface area (Å²) in [5.74, 6) is -1.23. The summed E-state index contributed by atoms with van der Waals surface area (Å²) in [6, 6.07) is 0. The van der Waals surface area contributed by atoms with Gasteiger partial charge in [0.2, 0.25) is 0 Å². The molecule has 0 spiro atoms. The summed E-state index contributed by atoms with van der Waals surface area (Å²) in [6.07, 6.45) is 2.04. The van der Waals surface area contributed by atoms with Crippen molar-refractivity contribution >= 4 is 7.60 Å². The Hall–Kier alpha value is -0.290. The fourth-order valence-electron chi connectivity index (χ4n) is 1.85. The molecule has 7 heteroatoms. The zero-order chi connectivity index (χ0) is 13.8. The highest BCUT2D eigenvalue weighted by atomic mass is 31.2. The van der Waals surface area contributed by atoms with Crippen LogP contribution in [0.25, 0.3) is 0 Å². The number of aliphatic hydroxyl groups is 1. The van der Waals surface area contributed by atoms with E-state index in [0.29, 0.717) is 0 Å². The van der Waals surface area contributed by atoms with Gasteiger partial charge in [-0.2, -0.15) is 8.78 Å². The zero-order valence-electron chi connectivity index (χ0n) is 10.5. The second-order valence-corrected chi connectivity index (χ2v) is 6.16. The van der Waals surface area contributed by atoms with Gasteiger partial charge in [-0.05, 0) is 26.7 Å². The molecule has 1 rings (SSSR count). The second kappa shape index (κ2) is 6.24. The summed E-state index contributed by atoms with van der Waals surface area (Å²) in [4.78, 5) is 0. The lowest BCUT2D eigenvalue weighted by atomic mass is 9.94. The molecule has 0 aromatic heterocycles. The third kappa shape index (κ3) is 3.18. The number of hydrogen-bond donors (Lipinski definition) is 1. The molecular weight excluding hydrogens is 265 g/mol. The average molecular weight is 284 g/mol. The first-order valence-corrected chi connectivity index (χ1v) is 7.55. The van der Waals surface area contributed by atoms with Crippen molar-refractivity contribution in [1.82, 2.24) is 0 Å². The average Bonchev–Trinajstić information content (AvgIpc) is 2.30. The van der Waals surface area contributed by atoms with Crippen LogP contribution in [0.2, 0.25) is 0 Å². The molecule has 1 aliphatic rings. The summed E-state index contributed by atoms with van der Waals surface area (Å²) >= 11 is 0. The molecule has 0 fully saturated rings. The number of aliphatic hydroxyl groups excluding tert-OH is 1. The monoisotopic (exact) mass is 284 g/mol. The van der Waals surface area contributed by atoms with Gasteiger partial charge in [-0.1, -0.05) is 12.2 Å². The van der Waals surface area contributed by atoms with E-state index in [1.165, 1.54) is 26.0 Å². The van der Waals surface area contributed by atoms with Gasteiger partial charge in [0.05, 0.1) is 25.2 Å². The van der Waals surface area contributed by atoms with E-state index >= 15 is 0 Å². The van der Waals surface area contributed by atoms with Crippen LogP contribution in [0.1, 0.15) is 26.7 Å². The Morgan fingerprint density at radius 2 is 1.83 bits per heavy atom. The molecule has 0 radical (unpaired) electrons. The first-order chi connectivity index (χ1) is 8.37. The minimum absolute atomic E-state index is 0.0504. The van der Waals surface area contributed by atoms with Gasteiger partial charge in [-0.3, -0.25) is 4.57 Å². The van der Waals surface area contributed by atoms with Crippen LogP contribution in [0, 0.1) is 5.92 Å². The third-order valence-corrected chi connectivity index (χ3v) is 5.01. The van der Waals surface area contributed by atoms with E-state index in [0.717, 1.165) is 0 Å². The Bertz CT molecular complexity index is 336. The van der Waals surface area contributed by atoms with E-state index < -0.39 is 25.3 Å². The van der Waals surface area contributed by atoms with Crippen molar-refractivity contribution in [2.24, 2.45) is 5.92 Å².